The van der Waals surface area contributed by atoms with E-state index in [9.17, 15) is 9.59 Å². The minimum atomic E-state index is -0.898. The number of carbonyl (C=O) groups is 2. The van der Waals surface area contributed by atoms with Gasteiger partial charge >= 0.3 is 5.97 Å². The second-order valence-electron chi connectivity index (χ2n) is 6.69. The highest BCUT2D eigenvalue weighted by Crippen LogP contribution is 2.51. The number of aliphatic carboxylic acids is 1. The molecule has 0 spiro atoms. The Hall–Kier alpha value is -2.10. The highest BCUT2D eigenvalue weighted by molar-refractivity contribution is 5.90. The van der Waals surface area contributed by atoms with Gasteiger partial charge < -0.3 is 10.0 Å². The molecule has 5 atom stereocenters. The van der Waals surface area contributed by atoms with Gasteiger partial charge in [0.2, 0.25) is 5.91 Å². The topological polar surface area (TPSA) is 57.6 Å². The maximum atomic E-state index is 12.5. The van der Waals surface area contributed by atoms with Crippen LogP contribution in [0.3, 0.4) is 0 Å². The smallest absolute Gasteiger partial charge is 0.311 e. The summed E-state index contributed by atoms with van der Waals surface area (Å²) in [6.45, 7) is 1.57. The molecule has 1 N–H and O–H groups in total. The largest absolute Gasteiger partial charge is 0.481 e. The number of carboxylic acid groups (broad SMARTS) is 1. The third-order valence-corrected chi connectivity index (χ3v) is 5.59. The van der Waals surface area contributed by atoms with Crippen LogP contribution in [-0.2, 0) is 9.59 Å². The lowest BCUT2D eigenvalue weighted by Crippen LogP contribution is -2.42. The van der Waals surface area contributed by atoms with E-state index in [1.165, 1.54) is 5.56 Å². The summed E-state index contributed by atoms with van der Waals surface area (Å²) in [6.07, 6.45) is 4.49. The lowest BCUT2D eigenvalue weighted by atomic mass is 9.64. The summed E-state index contributed by atoms with van der Waals surface area (Å²) >= 11 is 0. The number of hydrogen-bond acceptors (Lipinski definition) is 2. The van der Waals surface area contributed by atoms with E-state index in [0.717, 1.165) is 19.5 Å². The summed E-state index contributed by atoms with van der Waals surface area (Å²) in [5.41, 5.74) is 1.37. The third kappa shape index (κ3) is 1.97. The molecule has 4 rings (SSSR count). The maximum absolute atomic E-state index is 12.5. The first kappa shape index (κ1) is 13.6. The Labute approximate surface area is 129 Å². The molecule has 0 bridgehead atoms. The van der Waals surface area contributed by atoms with E-state index in [1.54, 1.807) is 12.2 Å². The number of nitrogens with zero attached hydrogens (tertiary/aromatic N) is 1. The van der Waals surface area contributed by atoms with Gasteiger partial charge in [0.1, 0.15) is 0 Å². The summed E-state index contributed by atoms with van der Waals surface area (Å²) < 4.78 is 0. The monoisotopic (exact) mass is 297 g/mol. The summed E-state index contributed by atoms with van der Waals surface area (Å²) in [7, 11) is 0. The highest BCUT2D eigenvalue weighted by Gasteiger charge is 2.50. The van der Waals surface area contributed by atoms with Crippen LogP contribution in [0.2, 0.25) is 0 Å². The highest BCUT2D eigenvalue weighted by atomic mass is 16.4. The van der Waals surface area contributed by atoms with Crippen molar-refractivity contribution in [3.8, 4) is 0 Å². The fourth-order valence-corrected chi connectivity index (χ4v) is 4.19. The molecule has 0 aromatic heterocycles. The van der Waals surface area contributed by atoms with Crippen LogP contribution in [0.1, 0.15) is 17.9 Å². The van der Waals surface area contributed by atoms with E-state index < -0.39 is 17.8 Å². The molecule has 1 saturated heterocycles. The fraction of sp³-hybridized carbons (Fsp3) is 0.444. The van der Waals surface area contributed by atoms with Crippen molar-refractivity contribution in [2.45, 2.75) is 12.3 Å². The molecule has 2 fully saturated rings. The Morgan fingerprint density at radius 2 is 1.77 bits per heavy atom. The Kier molecular flexibility index (Phi) is 3.06. The van der Waals surface area contributed by atoms with Crippen LogP contribution in [0, 0.1) is 23.7 Å². The van der Waals surface area contributed by atoms with Crippen LogP contribution in [0.25, 0.3) is 0 Å². The van der Waals surface area contributed by atoms with Crippen molar-refractivity contribution in [3.05, 3.63) is 48.0 Å². The molecule has 1 aromatic rings. The third-order valence-electron chi connectivity index (χ3n) is 5.59. The van der Waals surface area contributed by atoms with Crippen molar-refractivity contribution in [1.82, 2.24) is 4.90 Å². The lowest BCUT2D eigenvalue weighted by Gasteiger charge is -2.39. The summed E-state index contributed by atoms with van der Waals surface area (Å²) in [4.78, 5) is 25.5. The van der Waals surface area contributed by atoms with Gasteiger partial charge in [-0.05, 0) is 29.7 Å². The van der Waals surface area contributed by atoms with Crippen molar-refractivity contribution in [2.75, 3.05) is 13.1 Å². The van der Waals surface area contributed by atoms with Gasteiger partial charge in [-0.1, -0.05) is 42.5 Å². The van der Waals surface area contributed by atoms with E-state index in [2.05, 4.69) is 24.3 Å². The first-order valence-electron chi connectivity index (χ1n) is 7.90. The van der Waals surface area contributed by atoms with Gasteiger partial charge in [0.25, 0.3) is 0 Å². The van der Waals surface area contributed by atoms with Gasteiger partial charge in [-0.3, -0.25) is 9.59 Å². The van der Waals surface area contributed by atoms with Gasteiger partial charge in [0.05, 0.1) is 11.8 Å². The molecule has 1 saturated carbocycles. The number of hydrogen-bond donors (Lipinski definition) is 1. The molecule has 4 heteroatoms. The zero-order valence-corrected chi connectivity index (χ0v) is 12.3. The first-order chi connectivity index (χ1) is 10.6. The normalized spacial score (nSPS) is 35.5. The number of amides is 1. The van der Waals surface area contributed by atoms with Gasteiger partial charge in [-0.25, -0.2) is 0 Å². The average Bonchev–Trinajstić information content (AvgIpc) is 2.76. The van der Waals surface area contributed by atoms with Crippen molar-refractivity contribution in [1.29, 1.82) is 0 Å². The molecule has 0 unspecified atom stereocenters. The van der Waals surface area contributed by atoms with Gasteiger partial charge in [-0.2, -0.15) is 0 Å². The van der Waals surface area contributed by atoms with Crippen molar-refractivity contribution in [3.63, 3.8) is 0 Å². The van der Waals surface area contributed by atoms with E-state index in [4.69, 9.17) is 5.11 Å². The van der Waals surface area contributed by atoms with Gasteiger partial charge in [-0.15, -0.1) is 0 Å². The van der Waals surface area contributed by atoms with Crippen molar-refractivity contribution < 1.29 is 14.7 Å². The number of carbonyl (C=O) groups excluding carboxylic acids is 1. The molecule has 3 aliphatic rings. The Morgan fingerprint density at radius 3 is 2.41 bits per heavy atom. The molecule has 22 heavy (non-hydrogen) atoms. The molecular formula is C18H19NO3. The van der Waals surface area contributed by atoms with Crippen LogP contribution in [-0.4, -0.2) is 35.0 Å². The Balaban J connectivity index is 1.42. The molecule has 1 heterocycles. The zero-order chi connectivity index (χ0) is 15.3. The number of likely N-dealkylation sites (tertiary alicyclic amines) is 1. The average molecular weight is 297 g/mol. The summed E-state index contributed by atoms with van der Waals surface area (Å²) in [5, 5.41) is 9.08. The predicted octanol–water partition coefficient (Wildman–Crippen LogP) is 2.14. The molecule has 2 aliphatic carbocycles. The zero-order valence-electron chi connectivity index (χ0n) is 12.3. The molecular weight excluding hydrogens is 278 g/mol. The molecule has 1 aliphatic heterocycles. The maximum Gasteiger partial charge on any atom is 0.311 e. The first-order valence-corrected chi connectivity index (χ1v) is 7.90. The van der Waals surface area contributed by atoms with E-state index in [-0.39, 0.29) is 5.91 Å². The molecule has 114 valence electrons. The summed E-state index contributed by atoms with van der Waals surface area (Å²) in [6, 6.07) is 10.5. The standard InChI is InChI=1S/C18H19NO3/c20-17(13-6-7-14(13)18(21)22)19-9-12-8-15(16(12)10-19)11-4-2-1-3-5-11/h1-7,12-16H,8-10H2,(H,21,22)/t12-,13-,14+,15-,16+/m0/s1. The minimum absolute atomic E-state index is 0.00360. The second kappa shape index (κ2) is 4.97. The van der Waals surface area contributed by atoms with Crippen LogP contribution in [0.15, 0.2) is 42.5 Å². The van der Waals surface area contributed by atoms with Crippen LogP contribution < -0.4 is 0 Å². The quantitative estimate of drug-likeness (QED) is 0.870. The predicted molar refractivity (Wildman–Crippen MR) is 81.1 cm³/mol. The fourth-order valence-electron chi connectivity index (χ4n) is 4.19. The SMILES string of the molecule is O=C(O)[C@@H]1C=C[C@@H]1C(=O)N1C[C@@H]2C[C@@H](c3ccccc3)[C@@H]2C1. The Bertz CT molecular complexity index is 639. The van der Waals surface area contributed by atoms with Gasteiger partial charge in [0, 0.05) is 13.1 Å². The van der Waals surface area contributed by atoms with Gasteiger partial charge in [0.15, 0.2) is 0 Å². The number of carboxylic acids is 1. The number of rotatable bonds is 3. The number of benzene rings is 1. The summed E-state index contributed by atoms with van der Waals surface area (Å²) in [5.74, 6) is -0.307. The van der Waals surface area contributed by atoms with Crippen molar-refractivity contribution >= 4 is 11.9 Å². The second-order valence-corrected chi connectivity index (χ2v) is 6.69. The van der Waals surface area contributed by atoms with Crippen LogP contribution >= 0.6 is 0 Å². The Morgan fingerprint density at radius 1 is 1.05 bits per heavy atom. The van der Waals surface area contributed by atoms with Crippen LogP contribution in [0.5, 0.6) is 0 Å². The molecule has 1 aromatic carbocycles. The minimum Gasteiger partial charge on any atom is -0.481 e. The van der Waals surface area contributed by atoms with Crippen molar-refractivity contribution in [2.24, 2.45) is 23.7 Å². The lowest BCUT2D eigenvalue weighted by molar-refractivity contribution is -0.147. The molecule has 0 radical (unpaired) electrons. The van der Waals surface area contributed by atoms with E-state index in [0.29, 0.717) is 17.8 Å². The van der Waals surface area contributed by atoms with Crippen LogP contribution in [0.4, 0.5) is 0 Å². The molecule has 1 amide bonds. The van der Waals surface area contributed by atoms with E-state index >= 15 is 0 Å². The molecule has 4 nitrogen and oxygen atoms in total. The van der Waals surface area contributed by atoms with E-state index in [1.807, 2.05) is 11.0 Å². The number of fused-ring (bicyclic) bond motifs is 1.